The molecule has 1 amide bonds. The van der Waals surface area contributed by atoms with E-state index in [2.05, 4.69) is 10.3 Å². The second kappa shape index (κ2) is 10.4. The number of aromatic nitrogens is 1. The summed E-state index contributed by atoms with van der Waals surface area (Å²) in [6.45, 7) is 0. The summed E-state index contributed by atoms with van der Waals surface area (Å²) in [7, 11) is 0. The summed E-state index contributed by atoms with van der Waals surface area (Å²) in [4.78, 5) is 37.4. The Balaban J connectivity index is 0.00000341. The monoisotopic (exact) mass is 463 g/mol. The molecule has 160 valence electrons. The van der Waals surface area contributed by atoms with E-state index in [4.69, 9.17) is 9.47 Å². The fourth-order valence-corrected chi connectivity index (χ4v) is 3.22. The number of aliphatic hydroxyl groups is 3. The zero-order chi connectivity index (χ0) is 22.0. The van der Waals surface area contributed by atoms with Gasteiger partial charge in [0, 0.05) is 0 Å². The molecule has 0 radical (unpaired) electrons. The average molecular weight is 463 g/mol. The van der Waals surface area contributed by atoms with Crippen molar-refractivity contribution in [1.82, 2.24) is 4.98 Å². The van der Waals surface area contributed by atoms with Gasteiger partial charge in [0.1, 0.15) is 36.4 Å². The number of benzene rings is 1. The van der Waals surface area contributed by atoms with E-state index in [9.17, 15) is 40.1 Å². The molecule has 1 fully saturated rings. The number of carboxylic acids is 1. The fourth-order valence-electron chi connectivity index (χ4n) is 2.59. The minimum absolute atomic E-state index is 0. The first kappa shape index (κ1) is 25.1. The van der Waals surface area contributed by atoms with E-state index in [0.717, 1.165) is 6.20 Å². The van der Waals surface area contributed by atoms with Gasteiger partial charge >= 0.3 is 34.6 Å². The van der Waals surface area contributed by atoms with E-state index < -0.39 is 47.5 Å². The quantitative estimate of drug-likeness (QED) is 0.182. The van der Waals surface area contributed by atoms with Crippen LogP contribution in [-0.2, 0) is 9.53 Å². The van der Waals surface area contributed by atoms with Crippen molar-refractivity contribution in [2.75, 3.05) is 5.32 Å². The molecular weight excluding hydrogens is 449 g/mol. The third-order valence-electron chi connectivity index (χ3n) is 4.07. The van der Waals surface area contributed by atoms with Crippen molar-refractivity contribution < 1.29 is 74.0 Å². The zero-order valence-corrected chi connectivity index (χ0v) is 18.6. The van der Waals surface area contributed by atoms with Gasteiger partial charge in [-0.2, -0.15) is 0 Å². The van der Waals surface area contributed by atoms with Crippen LogP contribution in [0.5, 0.6) is 5.75 Å². The summed E-state index contributed by atoms with van der Waals surface area (Å²) in [5.41, 5.74) is -0.100. The van der Waals surface area contributed by atoms with Gasteiger partial charge in [0.2, 0.25) is 6.29 Å². The Morgan fingerprint density at radius 2 is 1.87 bits per heavy atom. The van der Waals surface area contributed by atoms with Crippen molar-refractivity contribution in [2.24, 2.45) is 0 Å². The molecule has 31 heavy (non-hydrogen) atoms. The topological polar surface area (TPSA) is 204 Å². The van der Waals surface area contributed by atoms with Gasteiger partial charge in [-0.25, -0.2) is 4.98 Å². The molecule has 0 bridgehead atoms. The smallest absolute Gasteiger partial charge is 0.547 e. The number of carbonyl (C=O) groups is 2. The van der Waals surface area contributed by atoms with Crippen LogP contribution in [0.1, 0.15) is 10.4 Å². The third kappa shape index (κ3) is 5.55. The molecule has 13 nitrogen and oxygen atoms in total. The van der Waals surface area contributed by atoms with Gasteiger partial charge in [0.15, 0.2) is 5.13 Å². The summed E-state index contributed by atoms with van der Waals surface area (Å²) >= 11 is 0.629. The molecule has 1 saturated heterocycles. The van der Waals surface area contributed by atoms with E-state index in [1.807, 2.05) is 0 Å². The number of nitrogens with one attached hydrogen (secondary N) is 1. The first-order chi connectivity index (χ1) is 14.2. The summed E-state index contributed by atoms with van der Waals surface area (Å²) in [5, 5.41) is 53.4. The van der Waals surface area contributed by atoms with Crippen LogP contribution in [0.4, 0.5) is 10.1 Å². The van der Waals surface area contributed by atoms with Crippen molar-refractivity contribution in [3.63, 3.8) is 0 Å². The first-order valence-corrected chi connectivity index (χ1v) is 9.08. The van der Waals surface area contributed by atoms with Crippen molar-refractivity contribution >= 4 is 33.3 Å². The van der Waals surface area contributed by atoms with Crippen LogP contribution in [0.15, 0.2) is 30.5 Å². The van der Waals surface area contributed by atoms with Gasteiger partial charge in [-0.3, -0.25) is 20.2 Å². The van der Waals surface area contributed by atoms with Gasteiger partial charge in [0.05, 0.1) is 16.5 Å². The van der Waals surface area contributed by atoms with Gasteiger partial charge in [0.25, 0.3) is 5.91 Å². The Bertz CT molecular complexity index is 973. The molecule has 2 aromatic rings. The Labute approximate surface area is 199 Å². The van der Waals surface area contributed by atoms with E-state index >= 15 is 0 Å². The second-order valence-electron chi connectivity index (χ2n) is 6.04. The number of nitro groups is 1. The standard InChI is InChI=1S/C16H15N3O10S.Na/c20-9-10(21)12(14(24)25)29-15(11(9)22)28-7-4-2-1-3-6(7)13(23)18-16-17-5-8(30-16)19(26)27;/h1-5,9-12,15,20-22H,(H,24,25)(H,17,18,23);/q;+1/p-1/t9-,10-,11+,12-,15?;/m0./s1. The molecule has 0 saturated carbocycles. The Hall–Kier alpha value is -2.17. The number of anilines is 1. The van der Waals surface area contributed by atoms with Crippen LogP contribution >= 0.6 is 11.3 Å². The summed E-state index contributed by atoms with van der Waals surface area (Å²) in [6, 6.07) is 5.58. The third-order valence-corrected chi connectivity index (χ3v) is 4.94. The van der Waals surface area contributed by atoms with Crippen molar-refractivity contribution in [2.45, 2.75) is 30.7 Å². The number of carboxylic acid groups (broad SMARTS) is 1. The maximum Gasteiger partial charge on any atom is 1.00 e. The molecule has 15 heteroatoms. The SMILES string of the molecule is O=C(Nc1ncc([N+](=O)[O-])s1)c1ccccc1OC1O[C@H](C(=O)[O-])[C@@H](O)[C@H](O)[C@H]1O.[Na+]. The maximum absolute atomic E-state index is 12.5. The van der Waals surface area contributed by atoms with Crippen LogP contribution in [0.3, 0.4) is 0 Å². The number of aliphatic hydroxyl groups excluding tert-OH is 3. The summed E-state index contributed by atoms with van der Waals surface area (Å²) in [6.07, 6.45) is -8.46. The van der Waals surface area contributed by atoms with Crippen molar-refractivity contribution in [1.29, 1.82) is 0 Å². The first-order valence-electron chi connectivity index (χ1n) is 8.27. The van der Waals surface area contributed by atoms with Crippen LogP contribution in [0.25, 0.3) is 0 Å². The molecule has 0 aliphatic carbocycles. The minimum atomic E-state index is -1.98. The van der Waals surface area contributed by atoms with Gasteiger partial charge in [-0.05, 0) is 23.5 Å². The van der Waals surface area contributed by atoms with E-state index in [0.29, 0.717) is 11.3 Å². The number of ether oxygens (including phenoxy) is 2. The molecule has 0 spiro atoms. The predicted molar refractivity (Wildman–Crippen MR) is 95.5 cm³/mol. The number of nitrogens with zero attached hydrogens (tertiary/aromatic N) is 2. The van der Waals surface area contributed by atoms with E-state index in [-0.39, 0.29) is 51.0 Å². The normalized spacial score (nSPS) is 25.2. The van der Waals surface area contributed by atoms with Crippen LogP contribution < -0.4 is 44.7 Å². The molecule has 1 aromatic carbocycles. The van der Waals surface area contributed by atoms with E-state index in [1.54, 1.807) is 0 Å². The maximum atomic E-state index is 12.5. The number of thiazole rings is 1. The molecular formula is C16H14N3NaO10S. The van der Waals surface area contributed by atoms with Gasteiger partial charge in [-0.15, -0.1) is 0 Å². The number of carbonyl (C=O) groups excluding carboxylic acids is 2. The number of hydrogen-bond acceptors (Lipinski definition) is 12. The van der Waals surface area contributed by atoms with Crippen molar-refractivity contribution in [3.05, 3.63) is 46.1 Å². The molecule has 2 heterocycles. The molecule has 5 atom stereocenters. The number of para-hydroxylation sites is 1. The molecule has 1 unspecified atom stereocenters. The number of amides is 1. The second-order valence-corrected chi connectivity index (χ2v) is 7.05. The summed E-state index contributed by atoms with van der Waals surface area (Å²) in [5.74, 6) is -2.76. The van der Waals surface area contributed by atoms with Gasteiger partial charge in [-0.1, -0.05) is 12.1 Å². The molecule has 1 aromatic heterocycles. The predicted octanol–water partition coefficient (Wildman–Crippen LogP) is -4.76. The van der Waals surface area contributed by atoms with Crippen LogP contribution in [0.2, 0.25) is 0 Å². The Kier molecular flexibility index (Phi) is 8.44. The molecule has 4 N–H and O–H groups in total. The number of hydrogen-bond donors (Lipinski definition) is 4. The molecule has 3 rings (SSSR count). The number of aliphatic carboxylic acids is 1. The Morgan fingerprint density at radius 1 is 1.19 bits per heavy atom. The van der Waals surface area contributed by atoms with Crippen LogP contribution in [0, 0.1) is 10.1 Å². The molecule has 1 aliphatic rings. The fraction of sp³-hybridized carbons (Fsp3) is 0.312. The minimum Gasteiger partial charge on any atom is -0.547 e. The summed E-state index contributed by atoms with van der Waals surface area (Å²) < 4.78 is 10.3. The Morgan fingerprint density at radius 3 is 2.48 bits per heavy atom. The number of rotatable bonds is 6. The van der Waals surface area contributed by atoms with Crippen LogP contribution in [-0.4, -0.2) is 67.8 Å². The van der Waals surface area contributed by atoms with E-state index in [1.165, 1.54) is 24.3 Å². The largest absolute Gasteiger partial charge is 1.00 e. The zero-order valence-electron chi connectivity index (χ0n) is 15.8. The molecule has 1 aliphatic heterocycles. The average Bonchev–Trinajstić information content (AvgIpc) is 3.17. The van der Waals surface area contributed by atoms with Crippen molar-refractivity contribution in [3.8, 4) is 5.75 Å². The van der Waals surface area contributed by atoms with Gasteiger partial charge < -0.3 is 34.7 Å².